The Morgan fingerprint density at radius 2 is 1.78 bits per heavy atom. The lowest BCUT2D eigenvalue weighted by molar-refractivity contribution is 0.102. The van der Waals surface area contributed by atoms with E-state index in [1.165, 1.54) is 30.7 Å². The van der Waals surface area contributed by atoms with Crippen LogP contribution in [0.3, 0.4) is 0 Å². The minimum atomic E-state index is -4.02. The SMILES string of the molecule is Cc1ccc(S(=O)(=O)Nc2cccc(C(=O)Nc3cccc(-c4cnco4)c3)c2)cc1F. The molecule has 2 N–H and O–H groups in total. The molecule has 0 aliphatic carbocycles. The first-order valence-corrected chi connectivity index (χ1v) is 11.0. The topological polar surface area (TPSA) is 101 Å². The molecule has 1 aromatic heterocycles. The van der Waals surface area contributed by atoms with Crippen molar-refractivity contribution in [2.75, 3.05) is 10.0 Å². The van der Waals surface area contributed by atoms with Crippen LogP contribution in [0.5, 0.6) is 0 Å². The Morgan fingerprint density at radius 3 is 2.53 bits per heavy atom. The largest absolute Gasteiger partial charge is 0.444 e. The third kappa shape index (κ3) is 4.68. The Labute approximate surface area is 184 Å². The van der Waals surface area contributed by atoms with Gasteiger partial charge in [0.1, 0.15) is 5.82 Å². The van der Waals surface area contributed by atoms with Crippen LogP contribution in [0.25, 0.3) is 11.3 Å². The van der Waals surface area contributed by atoms with Crippen molar-refractivity contribution in [3.05, 3.63) is 96.3 Å². The lowest BCUT2D eigenvalue weighted by Crippen LogP contribution is -2.15. The molecule has 3 aromatic carbocycles. The Kier molecular flexibility index (Phi) is 5.74. The summed E-state index contributed by atoms with van der Waals surface area (Å²) in [5.74, 6) is -0.485. The summed E-state index contributed by atoms with van der Waals surface area (Å²) in [6.07, 6.45) is 2.88. The summed E-state index contributed by atoms with van der Waals surface area (Å²) in [4.78, 5) is 16.4. The lowest BCUT2D eigenvalue weighted by Gasteiger charge is -2.11. The minimum Gasteiger partial charge on any atom is -0.444 e. The number of nitrogens with zero attached hydrogens (tertiary/aromatic N) is 1. The first kappa shape index (κ1) is 21.3. The van der Waals surface area contributed by atoms with Gasteiger partial charge in [0.15, 0.2) is 12.2 Å². The Hall–Kier alpha value is -3.98. The Morgan fingerprint density at radius 1 is 1.00 bits per heavy atom. The number of halogens is 1. The highest BCUT2D eigenvalue weighted by Gasteiger charge is 2.17. The van der Waals surface area contributed by atoms with Gasteiger partial charge >= 0.3 is 0 Å². The predicted molar refractivity (Wildman–Crippen MR) is 118 cm³/mol. The molecule has 1 amide bonds. The van der Waals surface area contributed by atoms with Crippen molar-refractivity contribution in [2.24, 2.45) is 0 Å². The summed E-state index contributed by atoms with van der Waals surface area (Å²) in [6.45, 7) is 1.54. The molecule has 7 nitrogen and oxygen atoms in total. The van der Waals surface area contributed by atoms with Crippen LogP contribution in [-0.2, 0) is 10.0 Å². The molecule has 0 aliphatic rings. The average molecular weight is 451 g/mol. The second-order valence-electron chi connectivity index (χ2n) is 7.00. The van der Waals surface area contributed by atoms with Crippen molar-refractivity contribution in [2.45, 2.75) is 11.8 Å². The fourth-order valence-electron chi connectivity index (χ4n) is 2.99. The van der Waals surface area contributed by atoms with E-state index < -0.39 is 21.7 Å². The molecule has 0 atom stereocenters. The number of anilines is 2. The Bertz CT molecular complexity index is 1390. The van der Waals surface area contributed by atoms with Crippen molar-refractivity contribution in [1.82, 2.24) is 4.98 Å². The number of benzene rings is 3. The molecule has 1 heterocycles. The van der Waals surface area contributed by atoms with E-state index in [1.54, 1.807) is 43.5 Å². The number of hydrogen-bond donors (Lipinski definition) is 2. The lowest BCUT2D eigenvalue weighted by atomic mass is 10.1. The molecular formula is C23H18FN3O4S. The summed E-state index contributed by atoms with van der Waals surface area (Å²) in [7, 11) is -4.02. The molecule has 0 saturated heterocycles. The highest BCUT2D eigenvalue weighted by atomic mass is 32.2. The molecule has 4 rings (SSSR count). The number of aromatic nitrogens is 1. The minimum absolute atomic E-state index is 0.175. The van der Waals surface area contributed by atoms with Gasteiger partial charge in [0.25, 0.3) is 15.9 Å². The summed E-state index contributed by atoms with van der Waals surface area (Å²) in [6, 6.07) is 16.7. The maximum atomic E-state index is 13.8. The van der Waals surface area contributed by atoms with Crippen LogP contribution in [0.15, 0.2) is 88.6 Å². The van der Waals surface area contributed by atoms with Crippen LogP contribution >= 0.6 is 0 Å². The van der Waals surface area contributed by atoms with Crippen LogP contribution in [-0.4, -0.2) is 19.3 Å². The zero-order valence-corrected chi connectivity index (χ0v) is 17.7. The molecule has 32 heavy (non-hydrogen) atoms. The van der Waals surface area contributed by atoms with E-state index in [-0.39, 0.29) is 16.1 Å². The van der Waals surface area contributed by atoms with Gasteiger partial charge in [-0.1, -0.05) is 24.3 Å². The number of sulfonamides is 1. The van der Waals surface area contributed by atoms with Gasteiger partial charge in [-0.05, 0) is 55.0 Å². The van der Waals surface area contributed by atoms with E-state index in [2.05, 4.69) is 15.0 Å². The number of hydrogen-bond acceptors (Lipinski definition) is 5. The number of carbonyl (C=O) groups excluding carboxylic acids is 1. The summed E-state index contributed by atoms with van der Waals surface area (Å²) in [5, 5.41) is 2.77. The maximum Gasteiger partial charge on any atom is 0.261 e. The Balaban J connectivity index is 1.52. The number of oxazole rings is 1. The van der Waals surface area contributed by atoms with E-state index >= 15 is 0 Å². The van der Waals surface area contributed by atoms with Crippen molar-refractivity contribution >= 4 is 27.3 Å². The fraction of sp³-hybridized carbons (Fsp3) is 0.0435. The molecule has 162 valence electrons. The molecule has 0 unspecified atom stereocenters. The van der Waals surface area contributed by atoms with Gasteiger partial charge in [-0.3, -0.25) is 9.52 Å². The van der Waals surface area contributed by atoms with Crippen molar-refractivity contribution in [3.8, 4) is 11.3 Å². The second kappa shape index (κ2) is 8.64. The number of rotatable bonds is 6. The summed E-state index contributed by atoms with van der Waals surface area (Å²) >= 11 is 0. The molecular weight excluding hydrogens is 433 g/mol. The predicted octanol–water partition coefficient (Wildman–Crippen LogP) is 4.84. The fourth-order valence-corrected chi connectivity index (χ4v) is 4.05. The number of carbonyl (C=O) groups is 1. The van der Waals surface area contributed by atoms with Gasteiger partial charge in [0.05, 0.1) is 11.1 Å². The number of aryl methyl sites for hydroxylation is 1. The van der Waals surface area contributed by atoms with Crippen molar-refractivity contribution in [1.29, 1.82) is 0 Å². The van der Waals surface area contributed by atoms with Gasteiger partial charge in [-0.2, -0.15) is 0 Å². The van der Waals surface area contributed by atoms with Gasteiger partial charge in [0, 0.05) is 22.5 Å². The third-order valence-electron chi connectivity index (χ3n) is 4.67. The number of nitrogens with one attached hydrogen (secondary N) is 2. The molecule has 4 aromatic rings. The monoisotopic (exact) mass is 451 g/mol. The second-order valence-corrected chi connectivity index (χ2v) is 8.68. The molecule has 0 aliphatic heterocycles. The highest BCUT2D eigenvalue weighted by Crippen LogP contribution is 2.23. The van der Waals surface area contributed by atoms with Crippen LogP contribution in [0.2, 0.25) is 0 Å². The zero-order valence-electron chi connectivity index (χ0n) is 16.9. The van der Waals surface area contributed by atoms with E-state index in [9.17, 15) is 17.6 Å². The van der Waals surface area contributed by atoms with Gasteiger partial charge in [-0.15, -0.1) is 0 Å². The highest BCUT2D eigenvalue weighted by molar-refractivity contribution is 7.92. The van der Waals surface area contributed by atoms with E-state index in [0.717, 1.165) is 11.6 Å². The van der Waals surface area contributed by atoms with Crippen LogP contribution < -0.4 is 10.0 Å². The molecule has 9 heteroatoms. The van der Waals surface area contributed by atoms with Crippen LogP contribution in [0.1, 0.15) is 15.9 Å². The van der Waals surface area contributed by atoms with Gasteiger partial charge in [0.2, 0.25) is 0 Å². The van der Waals surface area contributed by atoms with Crippen LogP contribution in [0, 0.1) is 12.7 Å². The summed E-state index contributed by atoms with van der Waals surface area (Å²) in [5.41, 5.74) is 2.03. The first-order valence-electron chi connectivity index (χ1n) is 9.51. The van der Waals surface area contributed by atoms with Gasteiger partial charge < -0.3 is 9.73 Å². The van der Waals surface area contributed by atoms with E-state index in [0.29, 0.717) is 17.0 Å². The third-order valence-corrected chi connectivity index (χ3v) is 6.05. The standard InChI is InChI=1S/C23H18FN3O4S/c1-15-8-9-20(12-21(15)24)32(29,30)27-19-7-3-5-17(11-19)23(28)26-18-6-2-4-16(10-18)22-13-25-14-31-22/h2-14,27H,1H3,(H,26,28). The van der Waals surface area contributed by atoms with Crippen LogP contribution in [0.4, 0.5) is 15.8 Å². The average Bonchev–Trinajstić information content (AvgIpc) is 3.31. The quantitative estimate of drug-likeness (QED) is 0.437. The summed E-state index contributed by atoms with van der Waals surface area (Å²) < 4.78 is 46.6. The molecule has 0 fully saturated rings. The molecule has 0 bridgehead atoms. The van der Waals surface area contributed by atoms with Crippen molar-refractivity contribution < 1.29 is 22.0 Å². The van der Waals surface area contributed by atoms with E-state index in [4.69, 9.17) is 4.42 Å². The number of amides is 1. The van der Waals surface area contributed by atoms with Crippen molar-refractivity contribution in [3.63, 3.8) is 0 Å². The molecule has 0 saturated carbocycles. The first-order chi connectivity index (χ1) is 15.3. The van der Waals surface area contributed by atoms with E-state index in [1.807, 2.05) is 6.07 Å². The molecule has 0 radical (unpaired) electrons. The smallest absolute Gasteiger partial charge is 0.261 e. The molecule has 0 spiro atoms. The normalized spacial score (nSPS) is 11.2. The maximum absolute atomic E-state index is 13.8. The zero-order chi connectivity index (χ0) is 22.7. The van der Waals surface area contributed by atoms with Gasteiger partial charge in [-0.25, -0.2) is 17.8 Å².